The molecule has 3 atom stereocenters. The van der Waals surface area contributed by atoms with Crippen LogP contribution < -0.4 is 5.32 Å². The molecule has 1 aromatic rings. The number of hydrogen-bond donors (Lipinski definition) is 1. The van der Waals surface area contributed by atoms with Gasteiger partial charge in [-0.1, -0.05) is 49.2 Å². The van der Waals surface area contributed by atoms with Crippen LogP contribution in [0.2, 0.25) is 0 Å². The molecule has 1 aliphatic rings. The van der Waals surface area contributed by atoms with E-state index in [-0.39, 0.29) is 10.7 Å². The molecule has 1 fully saturated rings. The molecule has 0 heterocycles. The van der Waals surface area contributed by atoms with E-state index in [1.54, 1.807) is 0 Å². The van der Waals surface area contributed by atoms with Crippen LogP contribution in [-0.2, 0) is 10.8 Å². The van der Waals surface area contributed by atoms with Gasteiger partial charge in [-0.2, -0.15) is 0 Å². The fraction of sp³-hybridized carbons (Fsp3) is 0.625. The van der Waals surface area contributed by atoms with Crippen LogP contribution in [0.3, 0.4) is 0 Å². The summed E-state index contributed by atoms with van der Waals surface area (Å²) in [6, 6.07) is 8.23. The van der Waals surface area contributed by atoms with Crippen LogP contribution in [0.4, 0.5) is 0 Å². The van der Waals surface area contributed by atoms with Gasteiger partial charge in [0.05, 0.1) is 16.0 Å². The zero-order valence-corrected chi connectivity index (χ0v) is 14.9. The first-order valence-corrected chi connectivity index (χ1v) is 9.36. The molecule has 1 N–H and O–H groups in total. The fourth-order valence-corrected chi connectivity index (χ4v) is 5.66. The summed E-state index contributed by atoms with van der Waals surface area (Å²) in [5, 5.41) is 3.79. The van der Waals surface area contributed by atoms with Gasteiger partial charge in [-0.3, -0.25) is 4.21 Å². The topological polar surface area (TPSA) is 29.1 Å². The van der Waals surface area contributed by atoms with Gasteiger partial charge in [0.1, 0.15) is 0 Å². The summed E-state index contributed by atoms with van der Waals surface area (Å²) < 4.78 is 14.0. The van der Waals surface area contributed by atoms with Crippen molar-refractivity contribution in [1.82, 2.24) is 5.32 Å². The highest BCUT2D eigenvalue weighted by atomic mass is 79.9. The Morgan fingerprint density at radius 2 is 2.20 bits per heavy atom. The molecular formula is C16H24BrNOS. The van der Waals surface area contributed by atoms with Gasteiger partial charge in [0.25, 0.3) is 0 Å². The number of rotatable bonds is 4. The van der Waals surface area contributed by atoms with Crippen molar-refractivity contribution in [3.8, 4) is 0 Å². The first-order valence-electron chi connectivity index (χ1n) is 7.35. The molecule has 1 saturated carbocycles. The molecule has 0 spiro atoms. The Morgan fingerprint density at radius 1 is 1.45 bits per heavy atom. The highest BCUT2D eigenvalue weighted by Crippen LogP contribution is 2.39. The Morgan fingerprint density at radius 3 is 2.85 bits per heavy atom. The second-order valence-corrected chi connectivity index (χ2v) is 8.80. The van der Waals surface area contributed by atoms with E-state index in [2.05, 4.69) is 42.0 Å². The third-order valence-electron chi connectivity index (χ3n) is 4.25. The second kappa shape index (κ2) is 6.71. The molecule has 0 radical (unpaired) electrons. The molecule has 2 rings (SSSR count). The van der Waals surface area contributed by atoms with Gasteiger partial charge >= 0.3 is 0 Å². The van der Waals surface area contributed by atoms with Crippen LogP contribution in [0.25, 0.3) is 0 Å². The molecule has 0 aromatic heterocycles. The highest BCUT2D eigenvalue weighted by Gasteiger charge is 2.41. The minimum absolute atomic E-state index is 0.202. The largest absolute Gasteiger partial charge is 0.313 e. The number of hydrogen-bond acceptors (Lipinski definition) is 2. The minimum Gasteiger partial charge on any atom is -0.313 e. The van der Waals surface area contributed by atoms with Crippen LogP contribution in [0.1, 0.15) is 40.0 Å². The Hall–Kier alpha value is -0.190. The Balaban J connectivity index is 2.26. The van der Waals surface area contributed by atoms with Crippen LogP contribution >= 0.6 is 15.9 Å². The standard InChI is InChI=1S/C16H24BrNOS/c1-4-18-15-14(9-6-10-16(15,2)3)20(19)13-8-5-7-12(17)11-13/h5,7-8,11,14-15,18H,4,6,9-10H2,1-3H3. The van der Waals surface area contributed by atoms with Crippen molar-refractivity contribution in [3.05, 3.63) is 28.7 Å². The molecule has 0 saturated heterocycles. The van der Waals surface area contributed by atoms with E-state index in [1.807, 2.05) is 24.3 Å². The molecule has 112 valence electrons. The lowest BCUT2D eigenvalue weighted by molar-refractivity contribution is 0.174. The van der Waals surface area contributed by atoms with E-state index in [9.17, 15) is 4.21 Å². The van der Waals surface area contributed by atoms with E-state index in [4.69, 9.17) is 0 Å². The van der Waals surface area contributed by atoms with Gasteiger partial charge < -0.3 is 5.32 Å². The van der Waals surface area contributed by atoms with Crippen LogP contribution in [-0.4, -0.2) is 22.0 Å². The molecule has 0 amide bonds. The van der Waals surface area contributed by atoms with E-state index in [0.29, 0.717) is 6.04 Å². The van der Waals surface area contributed by atoms with Gasteiger partial charge in [-0.25, -0.2) is 0 Å². The van der Waals surface area contributed by atoms with Gasteiger partial charge in [0.2, 0.25) is 0 Å². The van der Waals surface area contributed by atoms with E-state index in [1.165, 1.54) is 12.8 Å². The SMILES string of the molecule is CCNC1C(S(=O)c2cccc(Br)c2)CCCC1(C)C. The number of benzene rings is 1. The molecule has 20 heavy (non-hydrogen) atoms. The van der Waals surface area contributed by atoms with E-state index in [0.717, 1.165) is 22.3 Å². The van der Waals surface area contributed by atoms with Crippen LogP contribution in [0, 0.1) is 5.41 Å². The average Bonchev–Trinajstić information content (AvgIpc) is 2.40. The van der Waals surface area contributed by atoms with Crippen LogP contribution in [0.5, 0.6) is 0 Å². The summed E-state index contributed by atoms with van der Waals surface area (Å²) in [5.41, 5.74) is 0.209. The average molecular weight is 358 g/mol. The maximum atomic E-state index is 13.0. The zero-order chi connectivity index (χ0) is 14.8. The lowest BCUT2D eigenvalue weighted by Gasteiger charge is -2.44. The Labute approximate surface area is 133 Å². The third-order valence-corrected chi connectivity index (χ3v) is 6.52. The predicted octanol–water partition coefficient (Wildman–Crippen LogP) is 4.11. The molecule has 1 aliphatic carbocycles. The second-order valence-electron chi connectivity index (χ2n) is 6.21. The molecule has 4 heteroatoms. The summed E-state index contributed by atoms with van der Waals surface area (Å²) in [6.45, 7) is 7.65. The first-order chi connectivity index (χ1) is 9.45. The van der Waals surface area contributed by atoms with E-state index < -0.39 is 10.8 Å². The van der Waals surface area contributed by atoms with Crippen molar-refractivity contribution in [1.29, 1.82) is 0 Å². The summed E-state index contributed by atoms with van der Waals surface area (Å²) in [4.78, 5) is 0.935. The van der Waals surface area contributed by atoms with Gasteiger partial charge in [-0.15, -0.1) is 0 Å². The highest BCUT2D eigenvalue weighted by molar-refractivity contribution is 9.10. The molecular weight excluding hydrogens is 334 g/mol. The number of nitrogens with one attached hydrogen (secondary N) is 1. The van der Waals surface area contributed by atoms with Crippen molar-refractivity contribution in [2.75, 3.05) is 6.54 Å². The van der Waals surface area contributed by atoms with Crippen molar-refractivity contribution in [2.24, 2.45) is 5.41 Å². The van der Waals surface area contributed by atoms with Crippen LogP contribution in [0.15, 0.2) is 33.6 Å². The first kappa shape index (κ1) is 16.2. The molecule has 2 nitrogen and oxygen atoms in total. The molecule has 0 aliphatic heterocycles. The summed E-state index contributed by atoms with van der Waals surface area (Å²) in [7, 11) is -0.951. The van der Waals surface area contributed by atoms with Crippen molar-refractivity contribution in [2.45, 2.75) is 56.2 Å². The normalized spacial score (nSPS) is 27.2. The molecule has 3 unspecified atom stereocenters. The van der Waals surface area contributed by atoms with E-state index >= 15 is 0 Å². The zero-order valence-electron chi connectivity index (χ0n) is 12.5. The lowest BCUT2D eigenvalue weighted by Crippen LogP contribution is -2.53. The van der Waals surface area contributed by atoms with Crippen molar-refractivity contribution in [3.63, 3.8) is 0 Å². The Kier molecular flexibility index (Phi) is 5.43. The predicted molar refractivity (Wildman–Crippen MR) is 89.4 cm³/mol. The smallest absolute Gasteiger partial charge is 0.0577 e. The quantitative estimate of drug-likeness (QED) is 0.878. The Bertz CT molecular complexity index is 489. The van der Waals surface area contributed by atoms with Gasteiger partial charge in [0, 0.05) is 15.4 Å². The van der Waals surface area contributed by atoms with Crippen molar-refractivity contribution < 1.29 is 4.21 Å². The lowest BCUT2D eigenvalue weighted by atomic mass is 9.73. The maximum Gasteiger partial charge on any atom is 0.0577 e. The molecule has 1 aromatic carbocycles. The summed E-state index contributed by atoms with van der Waals surface area (Å²) >= 11 is 3.47. The minimum atomic E-state index is -0.951. The van der Waals surface area contributed by atoms with Crippen molar-refractivity contribution >= 4 is 26.7 Å². The molecule has 0 bridgehead atoms. The third kappa shape index (κ3) is 3.52. The van der Waals surface area contributed by atoms with Gasteiger partial charge in [0.15, 0.2) is 0 Å². The maximum absolute atomic E-state index is 13.0. The fourth-order valence-electron chi connectivity index (χ4n) is 3.21. The van der Waals surface area contributed by atoms with Gasteiger partial charge in [-0.05, 0) is 43.0 Å². The monoisotopic (exact) mass is 357 g/mol. The number of halogens is 1. The summed E-state index contributed by atoms with van der Waals surface area (Å²) in [5.74, 6) is 0. The summed E-state index contributed by atoms with van der Waals surface area (Å²) in [6.07, 6.45) is 3.41.